The number of hydrogen-bond acceptors (Lipinski definition) is 4. The number of nitrogens with zero attached hydrogens (tertiary/aromatic N) is 1. The van der Waals surface area contributed by atoms with Gasteiger partial charge in [0.15, 0.2) is 5.16 Å². The van der Waals surface area contributed by atoms with Crippen LogP contribution in [0.4, 0.5) is 0 Å². The second-order valence-electron chi connectivity index (χ2n) is 6.42. The zero-order chi connectivity index (χ0) is 17.9. The van der Waals surface area contributed by atoms with E-state index in [2.05, 4.69) is 33.5 Å². The molecular weight excluding hydrogens is 346 g/mol. The van der Waals surface area contributed by atoms with Crippen molar-refractivity contribution in [1.29, 1.82) is 0 Å². The number of aryl methyl sites for hydroxylation is 1. The Hall–Kier alpha value is -2.47. The van der Waals surface area contributed by atoms with Crippen molar-refractivity contribution >= 4 is 28.7 Å². The molecule has 0 unspecified atom stereocenters. The Morgan fingerprint density at radius 2 is 2.23 bits per heavy atom. The minimum Gasteiger partial charge on any atom is -0.497 e. The molecular formula is C20H21N3O2S. The van der Waals surface area contributed by atoms with E-state index in [0.717, 1.165) is 41.2 Å². The van der Waals surface area contributed by atoms with E-state index in [1.807, 2.05) is 24.3 Å². The van der Waals surface area contributed by atoms with E-state index >= 15 is 0 Å². The fraction of sp³-hybridized carbons (Fsp3) is 0.300. The van der Waals surface area contributed by atoms with Crippen LogP contribution in [0, 0.1) is 0 Å². The van der Waals surface area contributed by atoms with Crippen molar-refractivity contribution < 1.29 is 9.53 Å². The summed E-state index contributed by atoms with van der Waals surface area (Å²) < 4.78 is 5.22. The maximum Gasteiger partial charge on any atom is 0.230 e. The summed E-state index contributed by atoms with van der Waals surface area (Å²) in [5.41, 5.74) is 4.39. The first-order valence-electron chi connectivity index (χ1n) is 8.76. The van der Waals surface area contributed by atoms with Crippen LogP contribution in [-0.4, -0.2) is 28.7 Å². The van der Waals surface area contributed by atoms with Crippen molar-refractivity contribution in [1.82, 2.24) is 15.3 Å². The molecule has 0 spiro atoms. The van der Waals surface area contributed by atoms with Crippen LogP contribution in [0.15, 0.2) is 47.6 Å². The molecule has 0 aliphatic heterocycles. The number of thioether (sulfide) groups is 1. The van der Waals surface area contributed by atoms with E-state index in [0.29, 0.717) is 5.75 Å². The first-order chi connectivity index (χ1) is 12.7. The third-order valence-electron chi connectivity index (χ3n) is 4.71. The lowest BCUT2D eigenvalue weighted by atomic mass is 9.88. The minimum atomic E-state index is 0.0368. The second-order valence-corrected chi connectivity index (χ2v) is 7.39. The molecule has 4 rings (SSSR count). The lowest BCUT2D eigenvalue weighted by Crippen LogP contribution is -2.32. The van der Waals surface area contributed by atoms with Gasteiger partial charge in [0, 0.05) is 6.07 Å². The van der Waals surface area contributed by atoms with Crippen molar-refractivity contribution in [2.75, 3.05) is 12.9 Å². The Balaban J connectivity index is 1.39. The number of carbonyl (C=O) groups is 1. The lowest BCUT2D eigenvalue weighted by molar-refractivity contribution is -0.119. The average Bonchev–Trinajstić information content (AvgIpc) is 3.08. The van der Waals surface area contributed by atoms with Gasteiger partial charge in [-0.05, 0) is 42.5 Å². The van der Waals surface area contributed by atoms with Gasteiger partial charge in [-0.3, -0.25) is 4.79 Å². The van der Waals surface area contributed by atoms with Crippen LogP contribution in [0.25, 0.3) is 11.0 Å². The number of aromatic nitrogens is 2. The number of amides is 1. The van der Waals surface area contributed by atoms with Crippen LogP contribution in [0.3, 0.4) is 0 Å². The molecule has 5 nitrogen and oxygen atoms in total. The van der Waals surface area contributed by atoms with Gasteiger partial charge < -0.3 is 15.0 Å². The predicted molar refractivity (Wildman–Crippen MR) is 104 cm³/mol. The molecule has 0 radical (unpaired) electrons. The van der Waals surface area contributed by atoms with E-state index in [-0.39, 0.29) is 11.9 Å². The molecule has 6 heteroatoms. The second kappa shape index (κ2) is 7.41. The van der Waals surface area contributed by atoms with Gasteiger partial charge in [-0.1, -0.05) is 36.0 Å². The SMILES string of the molecule is COc1ccc2nc(SCC(=O)N[C@H]3CCCc4ccccc43)[nH]c2c1. The number of carbonyl (C=O) groups excluding carboxylic acids is 1. The van der Waals surface area contributed by atoms with Gasteiger partial charge in [-0.25, -0.2) is 4.98 Å². The van der Waals surface area contributed by atoms with Gasteiger partial charge in [0.1, 0.15) is 5.75 Å². The summed E-state index contributed by atoms with van der Waals surface area (Å²) in [6.07, 6.45) is 3.21. The molecule has 134 valence electrons. The van der Waals surface area contributed by atoms with Crippen LogP contribution in [0.1, 0.15) is 30.0 Å². The summed E-state index contributed by atoms with van der Waals surface area (Å²) in [4.78, 5) is 20.2. The summed E-state index contributed by atoms with van der Waals surface area (Å²) in [5, 5.41) is 3.92. The zero-order valence-corrected chi connectivity index (χ0v) is 15.4. The number of benzene rings is 2. The van der Waals surface area contributed by atoms with Crippen LogP contribution in [0.2, 0.25) is 0 Å². The van der Waals surface area contributed by atoms with Crippen LogP contribution in [-0.2, 0) is 11.2 Å². The number of nitrogens with one attached hydrogen (secondary N) is 2. The Kier molecular flexibility index (Phi) is 4.84. The largest absolute Gasteiger partial charge is 0.497 e. The van der Waals surface area contributed by atoms with Gasteiger partial charge in [0.05, 0.1) is 29.9 Å². The minimum absolute atomic E-state index is 0.0368. The van der Waals surface area contributed by atoms with E-state index in [4.69, 9.17) is 4.74 Å². The highest BCUT2D eigenvalue weighted by Crippen LogP contribution is 2.29. The number of rotatable bonds is 5. The molecule has 1 amide bonds. The Labute approximate surface area is 156 Å². The molecule has 2 N–H and O–H groups in total. The molecule has 0 bridgehead atoms. The molecule has 1 aliphatic rings. The van der Waals surface area contributed by atoms with Gasteiger partial charge >= 0.3 is 0 Å². The summed E-state index contributed by atoms with van der Waals surface area (Å²) in [7, 11) is 1.64. The number of hydrogen-bond donors (Lipinski definition) is 2. The van der Waals surface area contributed by atoms with Crippen LogP contribution in [0.5, 0.6) is 5.75 Å². The van der Waals surface area contributed by atoms with Crippen molar-refractivity contribution in [3.8, 4) is 5.75 Å². The third-order valence-corrected chi connectivity index (χ3v) is 5.59. The quantitative estimate of drug-likeness (QED) is 0.672. The molecule has 1 heterocycles. The van der Waals surface area contributed by atoms with E-state index in [9.17, 15) is 4.79 Å². The molecule has 26 heavy (non-hydrogen) atoms. The number of fused-ring (bicyclic) bond motifs is 2. The van der Waals surface area contributed by atoms with Gasteiger partial charge in [-0.2, -0.15) is 0 Å². The van der Waals surface area contributed by atoms with Gasteiger partial charge in [0.2, 0.25) is 5.91 Å². The fourth-order valence-electron chi connectivity index (χ4n) is 3.43. The maximum atomic E-state index is 12.4. The Morgan fingerprint density at radius 3 is 3.12 bits per heavy atom. The van der Waals surface area contributed by atoms with E-state index < -0.39 is 0 Å². The molecule has 0 saturated carbocycles. The van der Waals surface area contributed by atoms with Crippen molar-refractivity contribution in [2.45, 2.75) is 30.5 Å². The summed E-state index contributed by atoms with van der Waals surface area (Å²) >= 11 is 1.42. The maximum absolute atomic E-state index is 12.4. The Morgan fingerprint density at radius 1 is 1.35 bits per heavy atom. The molecule has 1 atom stereocenters. The summed E-state index contributed by atoms with van der Waals surface area (Å²) in [6, 6.07) is 14.2. The van der Waals surface area contributed by atoms with Crippen molar-refractivity contribution in [3.05, 3.63) is 53.6 Å². The monoisotopic (exact) mass is 367 g/mol. The topological polar surface area (TPSA) is 67.0 Å². The molecule has 0 saturated heterocycles. The van der Waals surface area contributed by atoms with Gasteiger partial charge in [0.25, 0.3) is 0 Å². The van der Waals surface area contributed by atoms with E-state index in [1.165, 1.54) is 22.9 Å². The smallest absolute Gasteiger partial charge is 0.230 e. The predicted octanol–water partition coefficient (Wildman–Crippen LogP) is 3.86. The molecule has 1 aliphatic carbocycles. The molecule has 2 aromatic carbocycles. The third kappa shape index (κ3) is 3.55. The average molecular weight is 367 g/mol. The number of aromatic amines is 1. The summed E-state index contributed by atoms with van der Waals surface area (Å²) in [5.74, 6) is 1.16. The number of methoxy groups -OCH3 is 1. The number of ether oxygens (including phenoxy) is 1. The molecule has 3 aromatic rings. The lowest BCUT2D eigenvalue weighted by Gasteiger charge is -2.26. The summed E-state index contributed by atoms with van der Waals surface area (Å²) in [6.45, 7) is 0. The van der Waals surface area contributed by atoms with Crippen LogP contribution < -0.4 is 10.1 Å². The fourth-order valence-corrected chi connectivity index (χ4v) is 4.13. The molecule has 0 fully saturated rings. The highest BCUT2D eigenvalue weighted by molar-refractivity contribution is 7.99. The normalized spacial score (nSPS) is 16.3. The Bertz CT molecular complexity index is 938. The number of imidazole rings is 1. The number of H-pyrrole nitrogens is 1. The van der Waals surface area contributed by atoms with Gasteiger partial charge in [-0.15, -0.1) is 0 Å². The van der Waals surface area contributed by atoms with E-state index in [1.54, 1.807) is 7.11 Å². The van der Waals surface area contributed by atoms with Crippen molar-refractivity contribution in [2.24, 2.45) is 0 Å². The first kappa shape index (κ1) is 17.0. The highest BCUT2D eigenvalue weighted by atomic mass is 32.2. The van der Waals surface area contributed by atoms with Crippen LogP contribution >= 0.6 is 11.8 Å². The zero-order valence-electron chi connectivity index (χ0n) is 14.6. The standard InChI is InChI=1S/C20H21N3O2S/c1-25-14-9-10-17-18(11-14)23-20(22-17)26-12-19(24)21-16-8-4-6-13-5-2-3-7-15(13)16/h2-3,5,7,9-11,16H,4,6,8,12H2,1H3,(H,21,24)(H,22,23)/t16-/m0/s1. The first-order valence-corrected chi connectivity index (χ1v) is 9.75. The molecule has 1 aromatic heterocycles. The van der Waals surface area contributed by atoms with Crippen molar-refractivity contribution in [3.63, 3.8) is 0 Å². The highest BCUT2D eigenvalue weighted by Gasteiger charge is 2.21.